The maximum atomic E-state index is 12.4. The molecule has 1 aromatic heterocycles. The van der Waals surface area contributed by atoms with Gasteiger partial charge in [-0.3, -0.25) is 14.5 Å². The maximum absolute atomic E-state index is 12.4. The molecule has 1 aliphatic heterocycles. The normalized spacial score (nSPS) is 18.0. The molecule has 0 aliphatic carbocycles. The molecule has 0 radical (unpaired) electrons. The molecule has 2 amide bonds. The molecule has 3 rings (SSSR count). The number of nitrogens with one attached hydrogen (secondary N) is 2. The topological polar surface area (TPSA) is 74.3 Å². The Morgan fingerprint density at radius 3 is 3.00 bits per heavy atom. The average Bonchev–Trinajstić information content (AvgIpc) is 3.16. The Balaban J connectivity index is 1.67. The Morgan fingerprint density at radius 2 is 2.25 bits per heavy atom. The van der Waals surface area contributed by atoms with E-state index in [-0.39, 0.29) is 11.8 Å². The van der Waals surface area contributed by atoms with Crippen LogP contribution in [0.15, 0.2) is 18.2 Å². The first kappa shape index (κ1) is 16.9. The lowest BCUT2D eigenvalue weighted by Crippen LogP contribution is -2.40. The number of carbonyl (C=O) groups is 2. The fourth-order valence-corrected chi connectivity index (χ4v) is 4.08. The van der Waals surface area contributed by atoms with Gasteiger partial charge in [0, 0.05) is 25.1 Å². The SMILES string of the molecule is CCN1CCC[C@@H]1CNC(=O)c1ccc2nc(NC(C)=O)sc2c1. The summed E-state index contributed by atoms with van der Waals surface area (Å²) in [7, 11) is 0. The standard InChI is InChI=1S/C17H22N4O2S/c1-3-21-8-4-5-13(21)10-18-16(23)12-6-7-14-15(9-12)24-17(20-14)19-11(2)22/h6-7,9,13H,3-5,8,10H2,1-2H3,(H,18,23)(H,19,20,22)/t13-/m1/s1. The molecule has 0 unspecified atom stereocenters. The summed E-state index contributed by atoms with van der Waals surface area (Å²) in [5.41, 5.74) is 1.41. The van der Waals surface area contributed by atoms with Crippen molar-refractivity contribution in [3.63, 3.8) is 0 Å². The molecule has 2 heterocycles. The number of aromatic nitrogens is 1. The van der Waals surface area contributed by atoms with Crippen LogP contribution in [-0.2, 0) is 4.79 Å². The van der Waals surface area contributed by atoms with E-state index in [4.69, 9.17) is 0 Å². The number of benzene rings is 1. The molecule has 2 N–H and O–H groups in total. The molecule has 6 nitrogen and oxygen atoms in total. The van der Waals surface area contributed by atoms with Gasteiger partial charge in [-0.05, 0) is 44.1 Å². The van der Waals surface area contributed by atoms with Crippen LogP contribution >= 0.6 is 11.3 Å². The van der Waals surface area contributed by atoms with Crippen LogP contribution in [0.2, 0.25) is 0 Å². The van der Waals surface area contributed by atoms with Crippen LogP contribution in [0, 0.1) is 0 Å². The highest BCUT2D eigenvalue weighted by Crippen LogP contribution is 2.26. The lowest BCUT2D eigenvalue weighted by molar-refractivity contribution is -0.114. The molecule has 1 saturated heterocycles. The molecule has 1 aliphatic rings. The van der Waals surface area contributed by atoms with E-state index in [2.05, 4.69) is 27.4 Å². The first-order valence-corrected chi connectivity index (χ1v) is 9.09. The molecule has 0 spiro atoms. The van der Waals surface area contributed by atoms with Gasteiger partial charge in [0.2, 0.25) is 5.91 Å². The second kappa shape index (κ2) is 7.27. The fourth-order valence-electron chi connectivity index (χ4n) is 3.13. The van der Waals surface area contributed by atoms with Crippen molar-refractivity contribution in [2.45, 2.75) is 32.7 Å². The van der Waals surface area contributed by atoms with E-state index in [0.29, 0.717) is 23.3 Å². The van der Waals surface area contributed by atoms with Crippen molar-refractivity contribution < 1.29 is 9.59 Å². The van der Waals surface area contributed by atoms with E-state index in [1.54, 1.807) is 6.07 Å². The van der Waals surface area contributed by atoms with Gasteiger partial charge >= 0.3 is 0 Å². The van der Waals surface area contributed by atoms with E-state index >= 15 is 0 Å². The van der Waals surface area contributed by atoms with E-state index in [1.165, 1.54) is 24.7 Å². The van der Waals surface area contributed by atoms with Gasteiger partial charge in [-0.2, -0.15) is 0 Å². The molecule has 7 heteroatoms. The Labute approximate surface area is 145 Å². The number of rotatable bonds is 5. The van der Waals surface area contributed by atoms with Crippen LogP contribution < -0.4 is 10.6 Å². The van der Waals surface area contributed by atoms with Gasteiger partial charge < -0.3 is 10.6 Å². The average molecular weight is 346 g/mol. The van der Waals surface area contributed by atoms with Gasteiger partial charge in [-0.25, -0.2) is 4.98 Å². The number of carbonyl (C=O) groups excluding carboxylic acids is 2. The number of hydrogen-bond donors (Lipinski definition) is 2. The highest BCUT2D eigenvalue weighted by molar-refractivity contribution is 7.22. The van der Waals surface area contributed by atoms with Crippen molar-refractivity contribution in [3.8, 4) is 0 Å². The zero-order valence-electron chi connectivity index (χ0n) is 14.0. The van der Waals surface area contributed by atoms with Crippen LogP contribution in [0.25, 0.3) is 10.2 Å². The molecular formula is C17H22N4O2S. The summed E-state index contributed by atoms with van der Waals surface area (Å²) < 4.78 is 0.891. The number of fused-ring (bicyclic) bond motifs is 1. The molecule has 1 aromatic carbocycles. The smallest absolute Gasteiger partial charge is 0.251 e. The monoisotopic (exact) mass is 346 g/mol. The van der Waals surface area contributed by atoms with Crippen LogP contribution in [0.5, 0.6) is 0 Å². The first-order valence-electron chi connectivity index (χ1n) is 8.27. The Morgan fingerprint density at radius 1 is 1.42 bits per heavy atom. The van der Waals surface area contributed by atoms with Crippen molar-refractivity contribution in [1.82, 2.24) is 15.2 Å². The second-order valence-electron chi connectivity index (χ2n) is 6.02. The third-order valence-electron chi connectivity index (χ3n) is 4.34. The minimum atomic E-state index is -0.149. The number of likely N-dealkylation sites (N-methyl/N-ethyl adjacent to an activating group) is 1. The van der Waals surface area contributed by atoms with Gasteiger partial charge in [-0.15, -0.1) is 0 Å². The Hall–Kier alpha value is -1.99. The van der Waals surface area contributed by atoms with Crippen LogP contribution in [0.3, 0.4) is 0 Å². The molecule has 0 bridgehead atoms. The van der Waals surface area contributed by atoms with Gasteiger partial charge in [0.25, 0.3) is 5.91 Å². The summed E-state index contributed by atoms with van der Waals surface area (Å²) in [5.74, 6) is -0.210. The van der Waals surface area contributed by atoms with E-state index in [0.717, 1.165) is 29.7 Å². The van der Waals surface area contributed by atoms with E-state index in [9.17, 15) is 9.59 Å². The largest absolute Gasteiger partial charge is 0.350 e. The summed E-state index contributed by atoms with van der Waals surface area (Å²) in [4.78, 5) is 30.3. The zero-order chi connectivity index (χ0) is 17.1. The van der Waals surface area contributed by atoms with Gasteiger partial charge in [0.15, 0.2) is 5.13 Å². The van der Waals surface area contributed by atoms with Crippen molar-refractivity contribution in [2.75, 3.05) is 25.0 Å². The number of nitrogens with zero attached hydrogens (tertiary/aromatic N) is 2. The molecule has 2 aromatic rings. The second-order valence-corrected chi connectivity index (χ2v) is 7.05. The minimum Gasteiger partial charge on any atom is -0.350 e. The third kappa shape index (κ3) is 3.73. The first-order chi connectivity index (χ1) is 11.6. The highest BCUT2D eigenvalue weighted by atomic mass is 32.1. The van der Waals surface area contributed by atoms with Crippen molar-refractivity contribution >= 4 is 38.5 Å². The molecule has 128 valence electrons. The number of likely N-dealkylation sites (tertiary alicyclic amines) is 1. The maximum Gasteiger partial charge on any atom is 0.251 e. The molecule has 1 fully saturated rings. The van der Waals surface area contributed by atoms with Gasteiger partial charge in [-0.1, -0.05) is 18.3 Å². The fraction of sp³-hybridized carbons (Fsp3) is 0.471. The van der Waals surface area contributed by atoms with Crippen LogP contribution in [0.1, 0.15) is 37.0 Å². The predicted octanol–water partition coefficient (Wildman–Crippen LogP) is 2.47. The predicted molar refractivity (Wildman–Crippen MR) is 96.5 cm³/mol. The Kier molecular flexibility index (Phi) is 5.11. The molecule has 0 saturated carbocycles. The molecular weight excluding hydrogens is 324 g/mol. The molecule has 1 atom stereocenters. The Bertz CT molecular complexity index is 758. The summed E-state index contributed by atoms with van der Waals surface area (Å²) in [6, 6.07) is 5.87. The zero-order valence-corrected chi connectivity index (χ0v) is 14.8. The highest BCUT2D eigenvalue weighted by Gasteiger charge is 2.23. The molecule has 24 heavy (non-hydrogen) atoms. The van der Waals surface area contributed by atoms with E-state index in [1.807, 2.05) is 12.1 Å². The summed E-state index contributed by atoms with van der Waals surface area (Å²) in [5, 5.41) is 6.28. The number of anilines is 1. The lowest BCUT2D eigenvalue weighted by atomic mass is 10.2. The van der Waals surface area contributed by atoms with Crippen molar-refractivity contribution in [3.05, 3.63) is 23.8 Å². The quantitative estimate of drug-likeness (QED) is 0.872. The summed E-state index contributed by atoms with van der Waals surface area (Å²) >= 11 is 1.37. The lowest BCUT2D eigenvalue weighted by Gasteiger charge is -2.22. The minimum absolute atomic E-state index is 0.0608. The number of thiazole rings is 1. The summed E-state index contributed by atoms with van der Waals surface area (Å²) in [6.07, 6.45) is 2.34. The van der Waals surface area contributed by atoms with Crippen molar-refractivity contribution in [2.24, 2.45) is 0 Å². The van der Waals surface area contributed by atoms with Gasteiger partial charge in [0.05, 0.1) is 10.2 Å². The number of hydrogen-bond acceptors (Lipinski definition) is 5. The number of amides is 2. The summed E-state index contributed by atoms with van der Waals surface area (Å²) in [6.45, 7) is 6.44. The van der Waals surface area contributed by atoms with Crippen LogP contribution in [-0.4, -0.2) is 47.4 Å². The van der Waals surface area contributed by atoms with E-state index < -0.39 is 0 Å². The van der Waals surface area contributed by atoms with Crippen molar-refractivity contribution in [1.29, 1.82) is 0 Å². The third-order valence-corrected chi connectivity index (χ3v) is 5.27. The van der Waals surface area contributed by atoms with Crippen LogP contribution in [0.4, 0.5) is 5.13 Å². The van der Waals surface area contributed by atoms with Gasteiger partial charge in [0.1, 0.15) is 0 Å².